The monoisotopic (exact) mass is 300 g/mol. The van der Waals surface area contributed by atoms with Crippen molar-refractivity contribution in [3.8, 4) is 17.2 Å². The number of aliphatic hydroxyl groups excluding tert-OH is 1. The van der Waals surface area contributed by atoms with E-state index in [0.717, 1.165) is 5.56 Å². The fraction of sp³-hybridized carbons (Fsp3) is 0.333. The van der Waals surface area contributed by atoms with E-state index < -0.39 is 11.7 Å². The van der Waals surface area contributed by atoms with Crippen LogP contribution in [0.2, 0.25) is 0 Å². The predicted octanol–water partition coefficient (Wildman–Crippen LogP) is 3.48. The fourth-order valence-corrected chi connectivity index (χ4v) is 2.59. The van der Waals surface area contributed by atoms with E-state index in [1.165, 1.54) is 0 Å². The van der Waals surface area contributed by atoms with E-state index in [0.29, 0.717) is 29.4 Å². The van der Waals surface area contributed by atoms with Crippen LogP contribution in [0.3, 0.4) is 0 Å². The third-order valence-electron chi connectivity index (χ3n) is 3.86. The molecule has 1 aliphatic rings. The summed E-state index contributed by atoms with van der Waals surface area (Å²) in [6.07, 6.45) is -0.737. The minimum absolute atomic E-state index is 0.424. The van der Waals surface area contributed by atoms with Gasteiger partial charge in [-0.3, -0.25) is 0 Å². The highest BCUT2D eigenvalue weighted by Crippen LogP contribution is 2.49. The Balaban J connectivity index is 1.92. The highest BCUT2D eigenvalue weighted by molar-refractivity contribution is 5.55. The Kier molecular flexibility index (Phi) is 3.71. The zero-order chi connectivity index (χ0) is 15.7. The van der Waals surface area contributed by atoms with Gasteiger partial charge in [-0.15, -0.1) is 0 Å². The molecule has 4 nitrogen and oxygen atoms in total. The summed E-state index contributed by atoms with van der Waals surface area (Å²) in [4.78, 5) is 0. The maximum absolute atomic E-state index is 10.5. The zero-order valence-electron chi connectivity index (χ0n) is 13.0. The number of rotatable bonds is 4. The van der Waals surface area contributed by atoms with Crippen molar-refractivity contribution in [3.63, 3.8) is 0 Å². The number of benzene rings is 2. The molecule has 4 heteroatoms. The molecule has 2 aromatic carbocycles. The second-order valence-corrected chi connectivity index (χ2v) is 5.92. The molecule has 0 saturated carbocycles. The summed E-state index contributed by atoms with van der Waals surface area (Å²) in [5, 5.41) is 10.5. The maximum Gasteiger partial charge on any atom is 0.134 e. The Morgan fingerprint density at radius 3 is 2.59 bits per heavy atom. The van der Waals surface area contributed by atoms with Gasteiger partial charge in [0.2, 0.25) is 0 Å². The molecule has 0 aliphatic carbocycles. The molecule has 116 valence electrons. The van der Waals surface area contributed by atoms with Crippen LogP contribution < -0.4 is 14.2 Å². The van der Waals surface area contributed by atoms with E-state index in [9.17, 15) is 5.11 Å². The first-order chi connectivity index (χ1) is 10.5. The highest BCUT2D eigenvalue weighted by atomic mass is 16.5. The van der Waals surface area contributed by atoms with Gasteiger partial charge in [0.05, 0.1) is 12.7 Å². The molecule has 0 bridgehead atoms. The van der Waals surface area contributed by atoms with Crippen LogP contribution in [-0.2, 0) is 6.61 Å². The van der Waals surface area contributed by atoms with Gasteiger partial charge in [-0.2, -0.15) is 0 Å². The highest BCUT2D eigenvalue weighted by Gasteiger charge is 2.42. The molecule has 1 heterocycles. The molecular formula is C18H20O4. The number of hydrogen-bond donors (Lipinski definition) is 1. The molecule has 3 rings (SSSR count). The average molecular weight is 300 g/mol. The Bertz CT molecular complexity index is 664. The van der Waals surface area contributed by atoms with Gasteiger partial charge >= 0.3 is 0 Å². The van der Waals surface area contributed by atoms with Crippen LogP contribution in [0.5, 0.6) is 17.2 Å². The van der Waals surface area contributed by atoms with E-state index in [2.05, 4.69) is 0 Å². The van der Waals surface area contributed by atoms with Crippen molar-refractivity contribution in [1.82, 2.24) is 0 Å². The summed E-state index contributed by atoms with van der Waals surface area (Å²) in [6, 6.07) is 13.5. The van der Waals surface area contributed by atoms with Crippen LogP contribution in [0, 0.1) is 0 Å². The molecule has 0 radical (unpaired) electrons. The van der Waals surface area contributed by atoms with Crippen LogP contribution in [0.25, 0.3) is 0 Å². The summed E-state index contributed by atoms with van der Waals surface area (Å²) in [7, 11) is 1.60. The van der Waals surface area contributed by atoms with Crippen LogP contribution in [0.4, 0.5) is 0 Å². The van der Waals surface area contributed by atoms with Crippen molar-refractivity contribution >= 4 is 0 Å². The Hall–Kier alpha value is -2.20. The van der Waals surface area contributed by atoms with Crippen molar-refractivity contribution in [3.05, 3.63) is 53.6 Å². The summed E-state index contributed by atoms with van der Waals surface area (Å²) >= 11 is 0. The maximum atomic E-state index is 10.5. The molecule has 0 amide bonds. The molecule has 1 atom stereocenters. The largest absolute Gasteiger partial charge is 0.496 e. The van der Waals surface area contributed by atoms with Crippen LogP contribution in [-0.4, -0.2) is 17.8 Å². The minimum Gasteiger partial charge on any atom is -0.496 e. The normalized spacial score (nSPS) is 18.5. The molecule has 22 heavy (non-hydrogen) atoms. The molecule has 1 N–H and O–H groups in total. The SMILES string of the molecule is COc1cc(OCc2ccccc2)c2c(c1)OC(C)(C)C2O. The summed E-state index contributed by atoms with van der Waals surface area (Å²) in [5.41, 5.74) is 1.06. The lowest BCUT2D eigenvalue weighted by molar-refractivity contribution is -0.000273. The van der Waals surface area contributed by atoms with E-state index in [4.69, 9.17) is 14.2 Å². The van der Waals surface area contributed by atoms with E-state index >= 15 is 0 Å². The predicted molar refractivity (Wildman–Crippen MR) is 83.4 cm³/mol. The van der Waals surface area contributed by atoms with Crippen molar-refractivity contribution in [1.29, 1.82) is 0 Å². The molecule has 0 spiro atoms. The van der Waals surface area contributed by atoms with Crippen LogP contribution >= 0.6 is 0 Å². The summed E-state index contributed by atoms with van der Waals surface area (Å²) < 4.78 is 17.0. The average Bonchev–Trinajstić information content (AvgIpc) is 2.75. The Morgan fingerprint density at radius 2 is 1.91 bits per heavy atom. The second-order valence-electron chi connectivity index (χ2n) is 5.92. The van der Waals surface area contributed by atoms with Crippen LogP contribution in [0.15, 0.2) is 42.5 Å². The molecule has 0 fully saturated rings. The number of hydrogen-bond acceptors (Lipinski definition) is 4. The quantitative estimate of drug-likeness (QED) is 0.939. The number of aliphatic hydroxyl groups is 1. The van der Waals surface area contributed by atoms with Gasteiger partial charge in [-0.1, -0.05) is 30.3 Å². The van der Waals surface area contributed by atoms with Gasteiger partial charge in [0.1, 0.15) is 35.6 Å². The molecule has 0 saturated heterocycles. The fourth-order valence-electron chi connectivity index (χ4n) is 2.59. The Labute approximate surface area is 130 Å². The third kappa shape index (κ3) is 2.62. The first-order valence-corrected chi connectivity index (χ1v) is 7.27. The standard InChI is InChI=1S/C18H20O4/c1-18(2)17(19)16-14(9-13(20-3)10-15(16)22-18)21-11-12-7-5-4-6-8-12/h4-10,17,19H,11H2,1-3H3. The summed E-state index contributed by atoms with van der Waals surface area (Å²) in [5.74, 6) is 1.85. The first kappa shape index (κ1) is 14.7. The molecule has 2 aromatic rings. The molecule has 0 aromatic heterocycles. The molecule has 1 unspecified atom stereocenters. The van der Waals surface area contributed by atoms with Crippen molar-refractivity contribution in [2.24, 2.45) is 0 Å². The van der Waals surface area contributed by atoms with Gasteiger partial charge in [-0.05, 0) is 19.4 Å². The number of methoxy groups -OCH3 is 1. The van der Waals surface area contributed by atoms with E-state index in [1.54, 1.807) is 19.2 Å². The van der Waals surface area contributed by atoms with E-state index in [1.807, 2.05) is 44.2 Å². The van der Waals surface area contributed by atoms with Gasteiger partial charge in [0.25, 0.3) is 0 Å². The number of ether oxygens (including phenoxy) is 3. The lowest BCUT2D eigenvalue weighted by Gasteiger charge is -2.22. The first-order valence-electron chi connectivity index (χ1n) is 7.27. The zero-order valence-corrected chi connectivity index (χ0v) is 13.0. The second kappa shape index (κ2) is 5.54. The van der Waals surface area contributed by atoms with Crippen molar-refractivity contribution < 1.29 is 19.3 Å². The minimum atomic E-state index is -0.737. The molecular weight excluding hydrogens is 280 g/mol. The summed E-state index contributed by atoms with van der Waals surface area (Å²) in [6.45, 7) is 4.13. The van der Waals surface area contributed by atoms with Crippen molar-refractivity contribution in [2.75, 3.05) is 7.11 Å². The van der Waals surface area contributed by atoms with Crippen molar-refractivity contribution in [2.45, 2.75) is 32.2 Å². The van der Waals surface area contributed by atoms with Gasteiger partial charge in [-0.25, -0.2) is 0 Å². The van der Waals surface area contributed by atoms with Gasteiger partial charge < -0.3 is 19.3 Å². The van der Waals surface area contributed by atoms with Crippen LogP contribution in [0.1, 0.15) is 31.1 Å². The van der Waals surface area contributed by atoms with E-state index in [-0.39, 0.29) is 0 Å². The molecule has 1 aliphatic heterocycles. The van der Waals surface area contributed by atoms with Gasteiger partial charge in [0.15, 0.2) is 0 Å². The number of fused-ring (bicyclic) bond motifs is 1. The topological polar surface area (TPSA) is 47.9 Å². The lowest BCUT2D eigenvalue weighted by Crippen LogP contribution is -2.30. The lowest BCUT2D eigenvalue weighted by atomic mass is 9.97. The smallest absolute Gasteiger partial charge is 0.134 e. The van der Waals surface area contributed by atoms with Gasteiger partial charge in [0, 0.05) is 12.1 Å². The Morgan fingerprint density at radius 1 is 1.18 bits per heavy atom. The third-order valence-corrected chi connectivity index (χ3v) is 3.86.